The molecule has 0 aromatic heterocycles. The van der Waals surface area contributed by atoms with E-state index in [0.29, 0.717) is 11.5 Å². The summed E-state index contributed by atoms with van der Waals surface area (Å²) in [6.07, 6.45) is 5.53. The maximum absolute atomic E-state index is 3.78. The van der Waals surface area contributed by atoms with E-state index in [1.807, 2.05) is 6.08 Å². The van der Waals surface area contributed by atoms with Gasteiger partial charge in [0.1, 0.15) is 0 Å². The van der Waals surface area contributed by atoms with Gasteiger partial charge in [-0.3, -0.25) is 0 Å². The molecule has 2 heteroatoms. The van der Waals surface area contributed by atoms with Crippen LogP contribution in [0.5, 0.6) is 0 Å². The van der Waals surface area contributed by atoms with Crippen molar-refractivity contribution in [1.29, 1.82) is 0 Å². The number of allylic oxidation sites excluding steroid dienone is 1. The minimum Gasteiger partial charge on any atom is -0.313 e. The lowest BCUT2D eigenvalue weighted by Gasteiger charge is -2.30. The second kappa shape index (κ2) is 7.86. The number of hydrogen-bond acceptors (Lipinski definition) is 2. The van der Waals surface area contributed by atoms with Crippen LogP contribution < -0.4 is 5.32 Å². The van der Waals surface area contributed by atoms with Crippen LogP contribution >= 0.6 is 0 Å². The third-order valence-electron chi connectivity index (χ3n) is 2.83. The average molecular weight is 226 g/mol. The first-order valence-corrected chi connectivity index (χ1v) is 6.40. The Labute approximate surface area is 102 Å². The zero-order valence-electron chi connectivity index (χ0n) is 11.8. The summed E-state index contributed by atoms with van der Waals surface area (Å²) in [5.74, 6) is 0. The van der Waals surface area contributed by atoms with Crippen molar-refractivity contribution in [3.8, 4) is 0 Å². The fourth-order valence-corrected chi connectivity index (χ4v) is 2.10. The SMILES string of the molecule is C=CCCC(CC)NCC(C)(C)CN(C)C. The van der Waals surface area contributed by atoms with Crippen LogP contribution in [0.3, 0.4) is 0 Å². The molecule has 0 amide bonds. The Morgan fingerprint density at radius 1 is 1.38 bits per heavy atom. The number of nitrogens with one attached hydrogen (secondary N) is 1. The van der Waals surface area contributed by atoms with Crippen molar-refractivity contribution in [1.82, 2.24) is 10.2 Å². The molecule has 0 heterocycles. The molecule has 0 rings (SSSR count). The Balaban J connectivity index is 3.93. The molecule has 0 saturated heterocycles. The van der Waals surface area contributed by atoms with Crippen LogP contribution in [0.25, 0.3) is 0 Å². The number of rotatable bonds is 9. The Morgan fingerprint density at radius 2 is 2.00 bits per heavy atom. The summed E-state index contributed by atoms with van der Waals surface area (Å²) in [5, 5.41) is 3.68. The van der Waals surface area contributed by atoms with E-state index in [0.717, 1.165) is 19.5 Å². The van der Waals surface area contributed by atoms with Gasteiger partial charge < -0.3 is 10.2 Å². The largest absolute Gasteiger partial charge is 0.313 e. The zero-order chi connectivity index (χ0) is 12.6. The summed E-state index contributed by atoms with van der Waals surface area (Å²) < 4.78 is 0. The molecule has 0 aromatic carbocycles. The van der Waals surface area contributed by atoms with Crippen LogP contribution in [-0.2, 0) is 0 Å². The molecule has 2 nitrogen and oxygen atoms in total. The number of hydrogen-bond donors (Lipinski definition) is 1. The van der Waals surface area contributed by atoms with Crippen LogP contribution in [0.15, 0.2) is 12.7 Å². The lowest BCUT2D eigenvalue weighted by Crippen LogP contribution is -2.41. The summed E-state index contributed by atoms with van der Waals surface area (Å²) in [6.45, 7) is 12.9. The Kier molecular flexibility index (Phi) is 7.69. The molecular formula is C14H30N2. The van der Waals surface area contributed by atoms with Gasteiger partial charge in [-0.25, -0.2) is 0 Å². The second-order valence-corrected chi connectivity index (χ2v) is 5.75. The van der Waals surface area contributed by atoms with Crippen molar-refractivity contribution < 1.29 is 0 Å². The van der Waals surface area contributed by atoms with E-state index >= 15 is 0 Å². The highest BCUT2D eigenvalue weighted by Crippen LogP contribution is 2.15. The maximum atomic E-state index is 3.78. The Bertz CT molecular complexity index is 185. The Hall–Kier alpha value is -0.340. The van der Waals surface area contributed by atoms with Crippen molar-refractivity contribution in [2.24, 2.45) is 5.41 Å². The molecule has 0 aliphatic rings. The van der Waals surface area contributed by atoms with Gasteiger partial charge in [-0.05, 0) is 38.8 Å². The summed E-state index contributed by atoms with van der Waals surface area (Å²) >= 11 is 0. The van der Waals surface area contributed by atoms with E-state index in [2.05, 4.69) is 51.7 Å². The standard InChI is InChI=1S/C14H30N2/c1-7-9-10-13(8-2)15-11-14(3,4)12-16(5)6/h7,13,15H,1,8-12H2,2-6H3. The second-order valence-electron chi connectivity index (χ2n) is 5.75. The van der Waals surface area contributed by atoms with E-state index in [4.69, 9.17) is 0 Å². The van der Waals surface area contributed by atoms with E-state index < -0.39 is 0 Å². The lowest BCUT2D eigenvalue weighted by atomic mass is 9.92. The van der Waals surface area contributed by atoms with Gasteiger partial charge in [-0.2, -0.15) is 0 Å². The topological polar surface area (TPSA) is 15.3 Å². The molecule has 0 bridgehead atoms. The fourth-order valence-electron chi connectivity index (χ4n) is 2.10. The normalized spacial score (nSPS) is 14.1. The predicted molar refractivity (Wildman–Crippen MR) is 73.8 cm³/mol. The van der Waals surface area contributed by atoms with Gasteiger partial charge in [0.2, 0.25) is 0 Å². The van der Waals surface area contributed by atoms with E-state index in [9.17, 15) is 0 Å². The molecule has 1 atom stereocenters. The van der Waals surface area contributed by atoms with Gasteiger partial charge in [-0.1, -0.05) is 26.8 Å². The van der Waals surface area contributed by atoms with Crippen LogP contribution in [-0.4, -0.2) is 38.1 Å². The Morgan fingerprint density at radius 3 is 2.44 bits per heavy atom. The molecule has 0 radical (unpaired) electrons. The summed E-state index contributed by atoms with van der Waals surface area (Å²) in [7, 11) is 4.27. The first-order chi connectivity index (χ1) is 7.41. The number of nitrogens with zero attached hydrogens (tertiary/aromatic N) is 1. The van der Waals surface area contributed by atoms with Gasteiger partial charge in [0, 0.05) is 19.1 Å². The van der Waals surface area contributed by atoms with Crippen LogP contribution in [0.1, 0.15) is 40.0 Å². The molecule has 0 saturated carbocycles. The summed E-state index contributed by atoms with van der Waals surface area (Å²) in [6, 6.07) is 0.638. The minimum atomic E-state index is 0.338. The quantitative estimate of drug-likeness (QED) is 0.608. The van der Waals surface area contributed by atoms with Gasteiger partial charge >= 0.3 is 0 Å². The molecule has 96 valence electrons. The molecule has 0 spiro atoms. The lowest BCUT2D eigenvalue weighted by molar-refractivity contribution is 0.223. The molecule has 16 heavy (non-hydrogen) atoms. The summed E-state index contributed by atoms with van der Waals surface area (Å²) in [4.78, 5) is 2.26. The van der Waals surface area contributed by atoms with E-state index in [1.165, 1.54) is 12.8 Å². The molecule has 0 aromatic rings. The third-order valence-corrected chi connectivity index (χ3v) is 2.83. The predicted octanol–water partition coefficient (Wildman–Crippen LogP) is 2.91. The highest BCUT2D eigenvalue weighted by molar-refractivity contribution is 4.78. The molecule has 1 unspecified atom stereocenters. The molecule has 0 aliphatic carbocycles. The van der Waals surface area contributed by atoms with Gasteiger partial charge in [-0.15, -0.1) is 6.58 Å². The molecular weight excluding hydrogens is 196 g/mol. The minimum absolute atomic E-state index is 0.338. The fraction of sp³-hybridized carbons (Fsp3) is 0.857. The average Bonchev–Trinajstić information content (AvgIpc) is 2.16. The maximum Gasteiger partial charge on any atom is 0.00676 e. The van der Waals surface area contributed by atoms with Crippen molar-refractivity contribution in [2.75, 3.05) is 27.2 Å². The van der Waals surface area contributed by atoms with Gasteiger partial charge in [0.05, 0.1) is 0 Å². The third kappa shape index (κ3) is 7.89. The molecule has 0 fully saturated rings. The molecule has 1 N–H and O–H groups in total. The van der Waals surface area contributed by atoms with Crippen LogP contribution in [0.2, 0.25) is 0 Å². The monoisotopic (exact) mass is 226 g/mol. The van der Waals surface area contributed by atoms with E-state index in [-0.39, 0.29) is 0 Å². The van der Waals surface area contributed by atoms with Crippen molar-refractivity contribution in [2.45, 2.75) is 46.1 Å². The summed E-state index contributed by atoms with van der Waals surface area (Å²) in [5.41, 5.74) is 0.338. The first kappa shape index (κ1) is 15.7. The molecule has 0 aliphatic heterocycles. The highest BCUT2D eigenvalue weighted by Gasteiger charge is 2.19. The van der Waals surface area contributed by atoms with E-state index in [1.54, 1.807) is 0 Å². The van der Waals surface area contributed by atoms with Crippen molar-refractivity contribution in [3.05, 3.63) is 12.7 Å². The van der Waals surface area contributed by atoms with Crippen LogP contribution in [0, 0.1) is 5.41 Å². The van der Waals surface area contributed by atoms with Gasteiger partial charge in [0.15, 0.2) is 0 Å². The van der Waals surface area contributed by atoms with Crippen molar-refractivity contribution >= 4 is 0 Å². The van der Waals surface area contributed by atoms with Crippen LogP contribution in [0.4, 0.5) is 0 Å². The highest BCUT2D eigenvalue weighted by atomic mass is 15.1. The van der Waals surface area contributed by atoms with Gasteiger partial charge in [0.25, 0.3) is 0 Å². The smallest absolute Gasteiger partial charge is 0.00676 e. The van der Waals surface area contributed by atoms with Crippen molar-refractivity contribution in [3.63, 3.8) is 0 Å². The first-order valence-electron chi connectivity index (χ1n) is 6.40. The zero-order valence-corrected chi connectivity index (χ0v) is 11.8.